The van der Waals surface area contributed by atoms with Gasteiger partial charge in [0.05, 0.1) is 0 Å². The number of benzene rings is 1. The molecule has 0 N–H and O–H groups in total. The summed E-state index contributed by atoms with van der Waals surface area (Å²) in [6.45, 7) is 9.66. The topological polar surface area (TPSA) is 0 Å². The molecule has 0 fully saturated rings. The molecule has 0 saturated heterocycles. The molecule has 127 valence electrons. The molecular weight excluding hydrogens is 399 g/mol. The maximum absolute atomic E-state index is 2.60. The maximum Gasteiger partial charge on any atom is -1.00 e. The summed E-state index contributed by atoms with van der Waals surface area (Å²) < 4.78 is 1.79. The maximum atomic E-state index is 2.60. The van der Waals surface area contributed by atoms with Gasteiger partial charge >= 0.3 is 134 Å². The fourth-order valence-electron chi connectivity index (χ4n) is 2.74. The first-order valence-electron chi connectivity index (χ1n) is 7.83. The van der Waals surface area contributed by atoms with Crippen molar-refractivity contribution in [2.45, 2.75) is 46.2 Å². The van der Waals surface area contributed by atoms with Crippen LogP contribution in [0.4, 0.5) is 0 Å². The number of hydrogen-bond acceptors (Lipinski definition) is 0. The standard InChI is InChI=1S/C9H13Si.C9H13.3ClH.Ti/c1-3-10(2)9-7-5-4-6-8-9;1-3-8(2)9-6-4-5-7-9;;;;/h4-8H,3H2,1-2H3;6-8H,3-4H2,1-2H3;3*1H;/q;;;;;+3/p-3. The van der Waals surface area contributed by atoms with E-state index in [2.05, 4.69) is 69.8 Å². The minimum absolute atomic E-state index is 0. The molecule has 2 rings (SSSR count). The van der Waals surface area contributed by atoms with E-state index in [9.17, 15) is 0 Å². The van der Waals surface area contributed by atoms with Crippen LogP contribution in [0.3, 0.4) is 0 Å². The van der Waals surface area contributed by atoms with Gasteiger partial charge in [-0.15, -0.1) is 0 Å². The molecule has 1 aromatic rings. The van der Waals surface area contributed by atoms with Crippen LogP contribution in [0.1, 0.15) is 33.6 Å². The molecule has 0 spiro atoms. The predicted octanol–water partition coefficient (Wildman–Crippen LogP) is -4.16. The molecule has 0 heterocycles. The molecule has 0 aliphatic heterocycles. The second-order valence-electron chi connectivity index (χ2n) is 6.06. The quantitative estimate of drug-likeness (QED) is 0.407. The van der Waals surface area contributed by atoms with E-state index in [1.807, 2.05) is 0 Å². The van der Waals surface area contributed by atoms with E-state index < -0.39 is 5.94 Å². The van der Waals surface area contributed by atoms with Crippen molar-refractivity contribution >= 4 is 11.1 Å². The fraction of sp³-hybridized carbons (Fsp3) is 0.444. The van der Waals surface area contributed by atoms with Crippen molar-refractivity contribution in [2.24, 2.45) is 5.92 Å². The number of hydrogen-bond donors (Lipinski definition) is 0. The van der Waals surface area contributed by atoms with Crippen molar-refractivity contribution in [3.63, 3.8) is 0 Å². The Balaban J connectivity index is 0. The van der Waals surface area contributed by atoms with Crippen LogP contribution in [0.2, 0.25) is 12.6 Å². The average molecular weight is 425 g/mol. The number of rotatable bonds is 6. The normalized spacial score (nSPS) is 16.3. The molecule has 2 atom stereocenters. The summed E-state index contributed by atoms with van der Waals surface area (Å²) in [4.78, 5) is 0. The summed E-state index contributed by atoms with van der Waals surface area (Å²) in [5.41, 5.74) is 1.60. The van der Waals surface area contributed by atoms with Gasteiger partial charge in [-0.25, -0.2) is 0 Å². The van der Waals surface area contributed by atoms with Crippen molar-refractivity contribution < 1.29 is 55.6 Å². The van der Waals surface area contributed by atoms with Gasteiger partial charge in [0.15, 0.2) is 0 Å². The first kappa shape index (κ1) is 25.7. The van der Waals surface area contributed by atoms with E-state index >= 15 is 0 Å². The Kier molecular flexibility index (Phi) is 13.4. The Hall–Kier alpha value is 0.501. The third-order valence-corrected chi connectivity index (χ3v) is 16.2. The van der Waals surface area contributed by atoms with Crippen LogP contribution in [0, 0.1) is 5.92 Å². The van der Waals surface area contributed by atoms with Gasteiger partial charge in [-0.05, 0) is 0 Å². The van der Waals surface area contributed by atoms with Gasteiger partial charge in [0.1, 0.15) is 0 Å². The molecular formula is C18H26Cl3SiTi. The van der Waals surface area contributed by atoms with Crippen molar-refractivity contribution in [3.8, 4) is 0 Å². The zero-order valence-corrected chi connectivity index (χ0v) is 19.2. The van der Waals surface area contributed by atoms with Gasteiger partial charge < -0.3 is 37.2 Å². The predicted molar refractivity (Wildman–Crippen MR) is 88.4 cm³/mol. The molecule has 0 radical (unpaired) electrons. The molecule has 0 saturated carbocycles. The molecule has 0 aromatic heterocycles. The van der Waals surface area contributed by atoms with E-state index in [-0.39, 0.29) is 55.6 Å². The summed E-state index contributed by atoms with van der Waals surface area (Å²) in [7, 11) is 0. The van der Waals surface area contributed by atoms with Crippen LogP contribution in [0.15, 0.2) is 51.9 Å². The average Bonchev–Trinajstić information content (AvgIpc) is 2.95. The molecule has 0 nitrogen and oxygen atoms in total. The SMILES string of the molecule is CCC(C)C1=CC[C]([Ti+3][Si](C)(CC)c2ccccc2)=C1.[Cl-].[Cl-].[Cl-]. The molecule has 0 amide bonds. The van der Waals surface area contributed by atoms with E-state index in [1.54, 1.807) is 14.6 Å². The summed E-state index contributed by atoms with van der Waals surface area (Å²) in [5, 5.41) is 1.67. The Morgan fingerprint density at radius 3 is 2.22 bits per heavy atom. The second-order valence-corrected chi connectivity index (χ2v) is 17.6. The molecule has 23 heavy (non-hydrogen) atoms. The van der Waals surface area contributed by atoms with E-state index in [0.717, 1.165) is 5.92 Å². The van der Waals surface area contributed by atoms with Gasteiger partial charge in [-0.2, -0.15) is 0 Å². The van der Waals surface area contributed by atoms with Gasteiger partial charge in [0.2, 0.25) is 0 Å². The van der Waals surface area contributed by atoms with Crippen LogP contribution >= 0.6 is 0 Å². The third-order valence-electron chi connectivity index (χ3n) is 4.63. The van der Waals surface area contributed by atoms with E-state index in [0.29, 0.717) is 0 Å². The minimum Gasteiger partial charge on any atom is -1.00 e. The van der Waals surface area contributed by atoms with Crippen molar-refractivity contribution in [2.75, 3.05) is 0 Å². The molecule has 1 aromatic carbocycles. The molecule has 1 aliphatic carbocycles. The number of halogens is 3. The fourth-order valence-corrected chi connectivity index (χ4v) is 12.1. The molecule has 0 bridgehead atoms. The molecule has 1 aliphatic rings. The van der Waals surface area contributed by atoms with Crippen LogP contribution in [-0.4, -0.2) is 5.94 Å². The zero-order chi connectivity index (χ0) is 14.6. The van der Waals surface area contributed by atoms with Crippen molar-refractivity contribution in [3.05, 3.63) is 51.9 Å². The molecule has 5 heteroatoms. The van der Waals surface area contributed by atoms with Crippen molar-refractivity contribution in [1.82, 2.24) is 0 Å². The van der Waals surface area contributed by atoms with E-state index in [1.165, 1.54) is 18.9 Å². The smallest absolute Gasteiger partial charge is 1.00 e. The zero-order valence-electron chi connectivity index (χ0n) is 14.4. The first-order chi connectivity index (χ1) is 9.59. The first-order valence-corrected chi connectivity index (χ1v) is 13.7. The van der Waals surface area contributed by atoms with Crippen LogP contribution in [0.5, 0.6) is 0 Å². The summed E-state index contributed by atoms with van der Waals surface area (Å²) in [6.07, 6.45) is 7.55. The largest absolute Gasteiger partial charge is 1.00 e. The minimum atomic E-state index is -1.22. The Bertz CT molecular complexity index is 516. The Morgan fingerprint density at radius 2 is 1.70 bits per heavy atom. The number of allylic oxidation sites excluding steroid dienone is 4. The second kappa shape index (κ2) is 12.0. The van der Waals surface area contributed by atoms with Gasteiger partial charge in [0.25, 0.3) is 0 Å². The summed E-state index contributed by atoms with van der Waals surface area (Å²) in [6, 6.07) is 12.7. The monoisotopic (exact) mass is 423 g/mol. The van der Waals surface area contributed by atoms with Crippen LogP contribution in [-0.2, 0) is 18.4 Å². The van der Waals surface area contributed by atoms with Crippen molar-refractivity contribution in [1.29, 1.82) is 0 Å². The molecule has 2 unspecified atom stereocenters. The summed E-state index contributed by atoms with van der Waals surface area (Å²) in [5.74, 6) is -0.475. The van der Waals surface area contributed by atoms with Gasteiger partial charge in [0, 0.05) is 0 Å². The summed E-state index contributed by atoms with van der Waals surface area (Å²) >= 11 is 0.0275. The Morgan fingerprint density at radius 1 is 1.09 bits per heavy atom. The van der Waals surface area contributed by atoms with E-state index in [4.69, 9.17) is 0 Å². The van der Waals surface area contributed by atoms with Crippen LogP contribution < -0.4 is 42.4 Å². The van der Waals surface area contributed by atoms with Crippen LogP contribution in [0.25, 0.3) is 0 Å². The van der Waals surface area contributed by atoms with Gasteiger partial charge in [-0.3, -0.25) is 0 Å². The van der Waals surface area contributed by atoms with Gasteiger partial charge in [-0.1, -0.05) is 0 Å². The third kappa shape index (κ3) is 6.72. The Labute approximate surface area is 170 Å².